The summed E-state index contributed by atoms with van der Waals surface area (Å²) in [7, 11) is -0.458. The molecule has 1 spiro atoms. The molecule has 7 nitrogen and oxygen atoms in total. The van der Waals surface area contributed by atoms with Crippen molar-refractivity contribution in [2.24, 2.45) is 4.36 Å². The summed E-state index contributed by atoms with van der Waals surface area (Å²) < 4.78 is 22.6. The highest BCUT2D eigenvalue weighted by Crippen LogP contribution is 2.33. The molecule has 1 aromatic heterocycles. The predicted octanol–water partition coefficient (Wildman–Crippen LogP) is 1.81. The average Bonchev–Trinajstić information content (AvgIpc) is 3.08. The highest BCUT2D eigenvalue weighted by molar-refractivity contribution is 7.93. The first-order valence-corrected chi connectivity index (χ1v) is 10.6. The van der Waals surface area contributed by atoms with Crippen LogP contribution in [0.25, 0.3) is 0 Å². The van der Waals surface area contributed by atoms with Crippen molar-refractivity contribution in [2.75, 3.05) is 38.2 Å². The summed E-state index contributed by atoms with van der Waals surface area (Å²) in [4.78, 5) is 22.3. The zero-order valence-corrected chi connectivity index (χ0v) is 16.3. The van der Waals surface area contributed by atoms with Crippen molar-refractivity contribution in [1.29, 1.82) is 0 Å². The molecule has 25 heavy (non-hydrogen) atoms. The van der Waals surface area contributed by atoms with Crippen molar-refractivity contribution in [3.63, 3.8) is 0 Å². The number of aromatic amines is 1. The molecule has 0 atom stereocenters. The Kier molecular flexibility index (Phi) is 4.70. The lowest BCUT2D eigenvalue weighted by molar-refractivity contribution is -0.104. The minimum atomic E-state index is -2.09. The number of hydrogen-bond acceptors (Lipinski definition) is 5. The van der Waals surface area contributed by atoms with Crippen molar-refractivity contribution in [3.8, 4) is 0 Å². The van der Waals surface area contributed by atoms with Gasteiger partial charge in [0, 0.05) is 40.2 Å². The number of carbonyl (C=O) groups is 1. The van der Waals surface area contributed by atoms with Crippen LogP contribution in [0, 0.1) is 0 Å². The van der Waals surface area contributed by atoms with Gasteiger partial charge < -0.3 is 14.6 Å². The lowest BCUT2D eigenvalue weighted by Crippen LogP contribution is -2.56. The predicted molar refractivity (Wildman–Crippen MR) is 97.3 cm³/mol. The quantitative estimate of drug-likeness (QED) is 0.819. The second-order valence-electron chi connectivity index (χ2n) is 8.00. The van der Waals surface area contributed by atoms with Crippen molar-refractivity contribution >= 4 is 15.6 Å². The Bertz CT molecular complexity index is 757. The van der Waals surface area contributed by atoms with E-state index in [-0.39, 0.29) is 11.3 Å². The Labute approximate surface area is 149 Å². The van der Waals surface area contributed by atoms with Crippen LogP contribution >= 0.6 is 0 Å². The number of carbonyl (C=O) groups excluding carboxylic acids is 1. The molecule has 2 fully saturated rings. The second-order valence-corrected chi connectivity index (χ2v) is 10.7. The lowest BCUT2D eigenvalue weighted by atomic mass is 9.90. The van der Waals surface area contributed by atoms with E-state index < -0.39 is 15.3 Å². The molecule has 3 rings (SSSR count). The summed E-state index contributed by atoms with van der Waals surface area (Å²) >= 11 is 0. The lowest BCUT2D eigenvalue weighted by Gasteiger charge is -2.45. The van der Waals surface area contributed by atoms with Crippen LogP contribution in [0.15, 0.2) is 10.7 Å². The van der Waals surface area contributed by atoms with Gasteiger partial charge in [-0.15, -0.1) is 0 Å². The van der Waals surface area contributed by atoms with Gasteiger partial charge in [-0.25, -0.2) is 13.6 Å². The molecule has 0 radical (unpaired) electrons. The highest BCUT2D eigenvalue weighted by atomic mass is 32.2. The van der Waals surface area contributed by atoms with Gasteiger partial charge in [0.15, 0.2) is 0 Å². The zero-order chi connectivity index (χ0) is 18.3. The number of morpholine rings is 1. The van der Waals surface area contributed by atoms with Gasteiger partial charge in [0.05, 0.1) is 30.8 Å². The molecule has 2 saturated heterocycles. The van der Waals surface area contributed by atoms with E-state index in [1.807, 2.05) is 4.90 Å². The summed E-state index contributed by atoms with van der Waals surface area (Å²) in [5.74, 6) is 1.03. The van der Waals surface area contributed by atoms with Crippen LogP contribution in [0.2, 0.25) is 0 Å². The zero-order valence-electron chi connectivity index (χ0n) is 15.5. The van der Waals surface area contributed by atoms with E-state index in [4.69, 9.17) is 4.74 Å². The van der Waals surface area contributed by atoms with Crippen molar-refractivity contribution in [2.45, 2.75) is 44.6 Å². The number of amides is 1. The Balaban J connectivity index is 1.78. The Morgan fingerprint density at radius 3 is 2.68 bits per heavy atom. The van der Waals surface area contributed by atoms with E-state index in [1.165, 1.54) is 0 Å². The highest BCUT2D eigenvalue weighted by Gasteiger charge is 2.43. The second kappa shape index (κ2) is 6.39. The Morgan fingerprint density at radius 1 is 1.40 bits per heavy atom. The molecular weight excluding hydrogens is 340 g/mol. The number of nitrogens with one attached hydrogen (secondary N) is 1. The van der Waals surface area contributed by atoms with Crippen LogP contribution in [0.4, 0.5) is 0 Å². The van der Waals surface area contributed by atoms with Crippen molar-refractivity contribution in [3.05, 3.63) is 17.7 Å². The first-order chi connectivity index (χ1) is 11.7. The molecule has 1 N–H and O–H groups in total. The molecule has 1 aromatic rings. The summed E-state index contributed by atoms with van der Waals surface area (Å²) in [6, 6.07) is 0. The van der Waals surface area contributed by atoms with E-state index in [2.05, 4.69) is 35.1 Å². The van der Waals surface area contributed by atoms with Crippen LogP contribution in [-0.2, 0) is 19.9 Å². The molecule has 0 aliphatic carbocycles. The first kappa shape index (κ1) is 18.4. The van der Waals surface area contributed by atoms with E-state index in [1.54, 1.807) is 13.4 Å². The molecule has 1 amide bonds. The van der Waals surface area contributed by atoms with Gasteiger partial charge in [0.1, 0.15) is 5.69 Å². The minimum Gasteiger partial charge on any atom is -0.371 e. The van der Waals surface area contributed by atoms with Crippen molar-refractivity contribution in [1.82, 2.24) is 14.9 Å². The standard InChI is InChI=1S/C17H28N4O3S/c1-16(2,3)14-13(19-12-20-14)15(22)21-7-8-24-17(11-21)5-9-25(23,18-4)10-6-17/h12H,5-11H2,1-4H3,(H,19,20). The molecule has 0 bridgehead atoms. The fourth-order valence-electron chi connectivity index (χ4n) is 3.60. The largest absolute Gasteiger partial charge is 0.371 e. The molecule has 0 unspecified atom stereocenters. The van der Waals surface area contributed by atoms with Gasteiger partial charge in [-0.3, -0.25) is 4.79 Å². The Morgan fingerprint density at radius 2 is 2.08 bits per heavy atom. The maximum Gasteiger partial charge on any atom is 0.274 e. The summed E-state index contributed by atoms with van der Waals surface area (Å²) in [5, 5.41) is 0. The van der Waals surface area contributed by atoms with Crippen LogP contribution in [0.1, 0.15) is 49.8 Å². The molecule has 2 aliphatic heterocycles. The molecule has 8 heteroatoms. The smallest absolute Gasteiger partial charge is 0.274 e. The van der Waals surface area contributed by atoms with Gasteiger partial charge >= 0.3 is 0 Å². The van der Waals surface area contributed by atoms with Gasteiger partial charge in [-0.1, -0.05) is 20.8 Å². The van der Waals surface area contributed by atoms with Gasteiger partial charge in [-0.2, -0.15) is 0 Å². The van der Waals surface area contributed by atoms with E-state index in [0.717, 1.165) is 5.69 Å². The third-order valence-corrected chi connectivity index (χ3v) is 7.56. The number of imidazole rings is 1. The number of ether oxygens (including phenoxy) is 1. The summed E-state index contributed by atoms with van der Waals surface area (Å²) in [6.07, 6.45) is 2.95. The maximum atomic E-state index is 13.1. The maximum absolute atomic E-state index is 13.1. The van der Waals surface area contributed by atoms with Crippen LogP contribution in [0.5, 0.6) is 0 Å². The monoisotopic (exact) mass is 368 g/mol. The minimum absolute atomic E-state index is 0.0552. The summed E-state index contributed by atoms with van der Waals surface area (Å²) in [6.45, 7) is 7.77. The molecule has 2 aliphatic rings. The van der Waals surface area contributed by atoms with E-state index >= 15 is 0 Å². The van der Waals surface area contributed by atoms with Crippen LogP contribution in [0.3, 0.4) is 0 Å². The topological polar surface area (TPSA) is 87.7 Å². The Hall–Kier alpha value is -1.41. The molecular formula is C17H28N4O3S. The van der Waals surface area contributed by atoms with E-state index in [9.17, 15) is 9.00 Å². The van der Waals surface area contributed by atoms with Crippen molar-refractivity contribution < 1.29 is 13.7 Å². The number of aromatic nitrogens is 2. The molecule has 140 valence electrons. The third-order valence-electron chi connectivity index (χ3n) is 5.21. The fourth-order valence-corrected chi connectivity index (χ4v) is 5.55. The normalized spacial score (nSPS) is 30.5. The molecule has 3 heterocycles. The third kappa shape index (κ3) is 3.60. The number of nitrogens with zero attached hydrogens (tertiary/aromatic N) is 3. The van der Waals surface area contributed by atoms with Crippen LogP contribution in [-0.4, -0.2) is 68.8 Å². The number of H-pyrrole nitrogens is 1. The van der Waals surface area contributed by atoms with Gasteiger partial charge in [0.25, 0.3) is 5.91 Å². The average molecular weight is 369 g/mol. The van der Waals surface area contributed by atoms with Gasteiger partial charge in [-0.05, 0) is 12.8 Å². The number of rotatable bonds is 1. The number of hydrogen-bond donors (Lipinski definition) is 1. The fraction of sp³-hybridized carbons (Fsp3) is 0.765. The molecule has 0 aromatic carbocycles. The molecule has 0 saturated carbocycles. The van der Waals surface area contributed by atoms with Crippen LogP contribution < -0.4 is 0 Å². The first-order valence-electron chi connectivity index (χ1n) is 8.76. The van der Waals surface area contributed by atoms with E-state index in [0.29, 0.717) is 49.7 Å². The summed E-state index contributed by atoms with van der Waals surface area (Å²) in [5.41, 5.74) is 0.782. The SMILES string of the molecule is CN=S1(=O)CCC2(CC1)CN(C(=O)c1nc[nH]c1C(C)(C)C)CCO2. The van der Waals surface area contributed by atoms with Gasteiger partial charge in [0.2, 0.25) is 0 Å².